The fourth-order valence-electron chi connectivity index (χ4n) is 1.89. The Morgan fingerprint density at radius 1 is 1.24 bits per heavy atom. The number of carbonyl (C=O) groups is 1. The van der Waals surface area contributed by atoms with E-state index >= 15 is 0 Å². The van der Waals surface area contributed by atoms with Gasteiger partial charge in [0.1, 0.15) is 0 Å². The van der Waals surface area contributed by atoms with Gasteiger partial charge in [-0.15, -0.1) is 12.4 Å². The van der Waals surface area contributed by atoms with Crippen LogP contribution < -0.4 is 11.1 Å². The van der Waals surface area contributed by atoms with E-state index in [2.05, 4.69) is 5.32 Å². The third-order valence-corrected chi connectivity index (χ3v) is 3.21. The van der Waals surface area contributed by atoms with Crippen molar-refractivity contribution in [3.8, 4) is 0 Å². The average molecular weight is 315 g/mol. The zero-order valence-corrected chi connectivity index (χ0v) is 13.9. The second kappa shape index (κ2) is 10.6. The molecule has 21 heavy (non-hydrogen) atoms. The van der Waals surface area contributed by atoms with Crippen molar-refractivity contribution in [2.24, 2.45) is 11.7 Å². The first-order valence-electron chi connectivity index (χ1n) is 7.22. The molecule has 4 nitrogen and oxygen atoms in total. The lowest BCUT2D eigenvalue weighted by molar-refractivity contribution is -0.125. The smallest absolute Gasteiger partial charge is 0.224 e. The number of nitrogens with one attached hydrogen (secondary N) is 1. The quantitative estimate of drug-likeness (QED) is 0.725. The second-order valence-electron chi connectivity index (χ2n) is 5.29. The summed E-state index contributed by atoms with van der Waals surface area (Å²) < 4.78 is 5.42. The average Bonchev–Trinajstić information content (AvgIpc) is 2.45. The standard InChI is InChI=1S/C16H26N2O2.ClH/c1-12(2)20-11-7-10-18-16(19)13(3)15(17)14-8-5-4-6-9-14;/h4-6,8-9,12-13,15H,7,10-11,17H2,1-3H3,(H,18,19);1H. The van der Waals surface area contributed by atoms with Crippen LogP contribution in [0.15, 0.2) is 30.3 Å². The van der Waals surface area contributed by atoms with Gasteiger partial charge in [-0.3, -0.25) is 4.79 Å². The number of hydrogen-bond donors (Lipinski definition) is 2. The van der Waals surface area contributed by atoms with E-state index in [1.54, 1.807) is 0 Å². The fraction of sp³-hybridized carbons (Fsp3) is 0.562. The van der Waals surface area contributed by atoms with Crippen LogP contribution in [0, 0.1) is 5.92 Å². The maximum absolute atomic E-state index is 12.0. The van der Waals surface area contributed by atoms with Gasteiger partial charge in [-0.25, -0.2) is 0 Å². The van der Waals surface area contributed by atoms with E-state index in [9.17, 15) is 4.79 Å². The molecule has 0 aliphatic rings. The maximum atomic E-state index is 12.0. The highest BCUT2D eigenvalue weighted by Crippen LogP contribution is 2.18. The summed E-state index contributed by atoms with van der Waals surface area (Å²) >= 11 is 0. The largest absolute Gasteiger partial charge is 0.379 e. The number of rotatable bonds is 8. The first-order chi connectivity index (χ1) is 9.52. The lowest BCUT2D eigenvalue weighted by Gasteiger charge is -2.19. The molecule has 0 fully saturated rings. The SMILES string of the molecule is CC(C)OCCCNC(=O)C(C)C(N)c1ccccc1.Cl. The first-order valence-corrected chi connectivity index (χ1v) is 7.22. The highest BCUT2D eigenvalue weighted by molar-refractivity contribution is 5.85. The molecule has 3 N–H and O–H groups in total. The van der Waals surface area contributed by atoms with Crippen molar-refractivity contribution >= 4 is 18.3 Å². The van der Waals surface area contributed by atoms with Gasteiger partial charge in [-0.2, -0.15) is 0 Å². The summed E-state index contributed by atoms with van der Waals surface area (Å²) in [5.74, 6) is -0.255. The van der Waals surface area contributed by atoms with Crippen molar-refractivity contribution in [3.63, 3.8) is 0 Å². The van der Waals surface area contributed by atoms with Crippen LogP contribution in [0.2, 0.25) is 0 Å². The minimum Gasteiger partial charge on any atom is -0.379 e. The predicted octanol–water partition coefficient (Wildman–Crippen LogP) is 2.68. The summed E-state index contributed by atoms with van der Waals surface area (Å²) in [5, 5.41) is 2.91. The lowest BCUT2D eigenvalue weighted by atomic mass is 9.95. The predicted molar refractivity (Wildman–Crippen MR) is 88.5 cm³/mol. The molecule has 1 rings (SSSR count). The molecule has 0 heterocycles. The first kappa shape index (κ1) is 19.9. The third-order valence-electron chi connectivity index (χ3n) is 3.21. The van der Waals surface area contributed by atoms with Crippen molar-refractivity contribution in [1.82, 2.24) is 5.32 Å². The molecule has 0 aliphatic heterocycles. The minimum atomic E-state index is -0.275. The van der Waals surface area contributed by atoms with Gasteiger partial charge >= 0.3 is 0 Å². The molecule has 0 aromatic heterocycles. The molecule has 2 unspecified atom stereocenters. The van der Waals surface area contributed by atoms with Gasteiger partial charge in [0.05, 0.1) is 12.0 Å². The number of halogens is 1. The Morgan fingerprint density at radius 3 is 2.43 bits per heavy atom. The molecule has 120 valence electrons. The van der Waals surface area contributed by atoms with Crippen molar-refractivity contribution in [2.75, 3.05) is 13.2 Å². The summed E-state index contributed by atoms with van der Waals surface area (Å²) in [6.45, 7) is 7.14. The number of carbonyl (C=O) groups excluding carboxylic acids is 1. The highest BCUT2D eigenvalue weighted by Gasteiger charge is 2.21. The number of benzene rings is 1. The zero-order valence-electron chi connectivity index (χ0n) is 13.0. The van der Waals surface area contributed by atoms with Crippen LogP contribution >= 0.6 is 12.4 Å². The Kier molecular flexibility index (Phi) is 10.0. The molecule has 0 saturated heterocycles. The van der Waals surface area contributed by atoms with E-state index in [-0.39, 0.29) is 36.4 Å². The van der Waals surface area contributed by atoms with Crippen molar-refractivity contribution in [1.29, 1.82) is 0 Å². The molecule has 0 radical (unpaired) electrons. The molecule has 0 aliphatic carbocycles. The Morgan fingerprint density at radius 2 is 1.86 bits per heavy atom. The molecule has 5 heteroatoms. The number of nitrogens with two attached hydrogens (primary N) is 1. The molecule has 1 amide bonds. The van der Waals surface area contributed by atoms with Crippen LogP contribution in [-0.4, -0.2) is 25.2 Å². The summed E-state index contributed by atoms with van der Waals surface area (Å²) in [7, 11) is 0. The molecule has 1 aromatic rings. The van der Waals surface area contributed by atoms with Gasteiger partial charge < -0.3 is 15.8 Å². The van der Waals surface area contributed by atoms with Crippen LogP contribution in [0.1, 0.15) is 38.8 Å². The van der Waals surface area contributed by atoms with Gasteiger partial charge in [0.25, 0.3) is 0 Å². The Labute approximate surface area is 133 Å². The Bertz CT molecular complexity index is 399. The summed E-state index contributed by atoms with van der Waals surface area (Å²) in [6.07, 6.45) is 1.05. The minimum absolute atomic E-state index is 0. The van der Waals surface area contributed by atoms with E-state index in [1.807, 2.05) is 51.1 Å². The van der Waals surface area contributed by atoms with Crippen LogP contribution in [0.4, 0.5) is 0 Å². The molecule has 2 atom stereocenters. The molecular weight excluding hydrogens is 288 g/mol. The molecule has 0 bridgehead atoms. The van der Waals surface area contributed by atoms with E-state index < -0.39 is 0 Å². The normalized spacial score (nSPS) is 13.4. The molecule has 0 spiro atoms. The van der Waals surface area contributed by atoms with Gasteiger partial charge in [-0.05, 0) is 25.8 Å². The monoisotopic (exact) mass is 314 g/mol. The summed E-state index contributed by atoms with van der Waals surface area (Å²) in [6, 6.07) is 9.43. The van der Waals surface area contributed by atoms with Crippen molar-refractivity contribution < 1.29 is 9.53 Å². The highest BCUT2D eigenvalue weighted by atomic mass is 35.5. The van der Waals surface area contributed by atoms with E-state index in [0.29, 0.717) is 13.2 Å². The van der Waals surface area contributed by atoms with Crippen LogP contribution in [-0.2, 0) is 9.53 Å². The van der Waals surface area contributed by atoms with Crippen LogP contribution in [0.25, 0.3) is 0 Å². The van der Waals surface area contributed by atoms with Crippen LogP contribution in [0.5, 0.6) is 0 Å². The van der Waals surface area contributed by atoms with Crippen molar-refractivity contribution in [2.45, 2.75) is 39.3 Å². The molecule has 0 saturated carbocycles. The Balaban J connectivity index is 0.00000400. The second-order valence-corrected chi connectivity index (χ2v) is 5.29. The number of ether oxygens (including phenoxy) is 1. The number of hydrogen-bond acceptors (Lipinski definition) is 3. The summed E-state index contributed by atoms with van der Waals surface area (Å²) in [5.41, 5.74) is 7.11. The molecular formula is C16H27ClN2O2. The maximum Gasteiger partial charge on any atom is 0.224 e. The van der Waals surface area contributed by atoms with Crippen molar-refractivity contribution in [3.05, 3.63) is 35.9 Å². The third kappa shape index (κ3) is 7.46. The van der Waals surface area contributed by atoms with Gasteiger partial charge in [0, 0.05) is 19.2 Å². The lowest BCUT2D eigenvalue weighted by Crippen LogP contribution is -2.36. The van der Waals surface area contributed by atoms with E-state index in [4.69, 9.17) is 10.5 Å². The van der Waals surface area contributed by atoms with Gasteiger partial charge in [0.2, 0.25) is 5.91 Å². The fourth-order valence-corrected chi connectivity index (χ4v) is 1.89. The molecule has 1 aromatic carbocycles. The van der Waals surface area contributed by atoms with Gasteiger partial charge in [0.15, 0.2) is 0 Å². The van der Waals surface area contributed by atoms with Gasteiger partial charge in [-0.1, -0.05) is 37.3 Å². The van der Waals surface area contributed by atoms with E-state index in [0.717, 1.165) is 12.0 Å². The topological polar surface area (TPSA) is 64.3 Å². The summed E-state index contributed by atoms with van der Waals surface area (Å²) in [4.78, 5) is 12.0. The van der Waals surface area contributed by atoms with E-state index in [1.165, 1.54) is 0 Å². The van der Waals surface area contributed by atoms with Crippen LogP contribution in [0.3, 0.4) is 0 Å². The number of amides is 1. The zero-order chi connectivity index (χ0) is 15.0. The Hall–Kier alpha value is -1.10.